The first-order chi connectivity index (χ1) is 7.63. The number of rotatable bonds is 5. The molecular weight excluding hydrogens is 200 g/mol. The van der Waals surface area contributed by atoms with Crippen molar-refractivity contribution >= 4 is 5.95 Å². The Morgan fingerprint density at radius 3 is 2.06 bits per heavy atom. The summed E-state index contributed by atoms with van der Waals surface area (Å²) in [7, 11) is 0. The van der Waals surface area contributed by atoms with E-state index >= 15 is 0 Å². The molecule has 1 aromatic heterocycles. The Bertz CT molecular complexity index is 336. The largest absolute Gasteiger partial charge is 0.337 e. The van der Waals surface area contributed by atoms with Crippen molar-refractivity contribution in [3.63, 3.8) is 0 Å². The number of hydrogen-bond donors (Lipinski definition) is 0. The highest BCUT2D eigenvalue weighted by molar-refractivity contribution is 5.31. The summed E-state index contributed by atoms with van der Waals surface area (Å²) in [5.74, 6) is 0.756. The number of aromatic nitrogens is 3. The zero-order valence-electron chi connectivity index (χ0n) is 11.0. The minimum Gasteiger partial charge on any atom is -0.337 e. The van der Waals surface area contributed by atoms with Crippen molar-refractivity contribution in [2.24, 2.45) is 0 Å². The summed E-state index contributed by atoms with van der Waals surface area (Å²) < 4.78 is 0. The van der Waals surface area contributed by atoms with Gasteiger partial charge in [-0.1, -0.05) is 13.8 Å². The number of anilines is 1. The average molecular weight is 222 g/mol. The summed E-state index contributed by atoms with van der Waals surface area (Å²) in [6, 6.07) is 0.406. The molecule has 0 saturated carbocycles. The smallest absolute Gasteiger partial charge is 0.245 e. The first-order valence-corrected chi connectivity index (χ1v) is 6.13. The molecule has 0 fully saturated rings. The van der Waals surface area contributed by atoms with Gasteiger partial charge in [-0.15, -0.1) is 5.10 Å². The van der Waals surface area contributed by atoms with E-state index in [4.69, 9.17) is 0 Å². The fourth-order valence-corrected chi connectivity index (χ4v) is 1.79. The van der Waals surface area contributed by atoms with Crippen molar-refractivity contribution in [3.8, 4) is 0 Å². The summed E-state index contributed by atoms with van der Waals surface area (Å²) in [6.07, 6.45) is 1.82. The third kappa shape index (κ3) is 2.68. The third-order valence-corrected chi connectivity index (χ3v) is 2.72. The maximum Gasteiger partial charge on any atom is 0.245 e. The minimum absolute atomic E-state index is 0.406. The number of aryl methyl sites for hydroxylation is 2. The first kappa shape index (κ1) is 12.9. The van der Waals surface area contributed by atoms with Gasteiger partial charge in [-0.25, -0.2) is 4.98 Å². The van der Waals surface area contributed by atoms with Gasteiger partial charge in [-0.3, -0.25) is 0 Å². The van der Waals surface area contributed by atoms with Crippen LogP contribution in [0, 0.1) is 0 Å². The standard InChI is InChI=1S/C12H22N4/c1-6-10-11(7-2)14-15-12(13-10)16(8-3)9(4)5/h9H,6-8H2,1-5H3. The van der Waals surface area contributed by atoms with Gasteiger partial charge in [-0.2, -0.15) is 5.10 Å². The lowest BCUT2D eigenvalue weighted by Crippen LogP contribution is -2.32. The highest BCUT2D eigenvalue weighted by Gasteiger charge is 2.14. The van der Waals surface area contributed by atoms with Crippen LogP contribution in [0.2, 0.25) is 0 Å². The molecule has 0 bridgehead atoms. The van der Waals surface area contributed by atoms with Gasteiger partial charge in [-0.05, 0) is 33.6 Å². The summed E-state index contributed by atoms with van der Waals surface area (Å²) in [4.78, 5) is 6.77. The molecule has 0 aliphatic carbocycles. The molecular formula is C12H22N4. The Balaban J connectivity index is 3.06. The summed E-state index contributed by atoms with van der Waals surface area (Å²) in [5, 5.41) is 8.48. The molecule has 1 rings (SSSR count). The van der Waals surface area contributed by atoms with Gasteiger partial charge in [0, 0.05) is 12.6 Å². The Kier molecular flexibility index (Phi) is 4.65. The molecule has 0 unspecified atom stereocenters. The highest BCUT2D eigenvalue weighted by atomic mass is 15.3. The van der Waals surface area contributed by atoms with E-state index in [2.05, 4.69) is 54.7 Å². The van der Waals surface area contributed by atoms with Gasteiger partial charge >= 0.3 is 0 Å². The molecule has 0 aliphatic heterocycles. The molecule has 16 heavy (non-hydrogen) atoms. The molecule has 0 amide bonds. The van der Waals surface area contributed by atoms with Crippen molar-refractivity contribution < 1.29 is 0 Å². The molecule has 0 atom stereocenters. The molecule has 4 nitrogen and oxygen atoms in total. The highest BCUT2D eigenvalue weighted by Crippen LogP contribution is 2.13. The van der Waals surface area contributed by atoms with E-state index in [9.17, 15) is 0 Å². The second kappa shape index (κ2) is 5.77. The first-order valence-electron chi connectivity index (χ1n) is 6.13. The second-order valence-corrected chi connectivity index (χ2v) is 4.09. The quantitative estimate of drug-likeness (QED) is 0.766. The maximum absolute atomic E-state index is 4.61. The Morgan fingerprint density at radius 2 is 1.62 bits per heavy atom. The maximum atomic E-state index is 4.61. The zero-order chi connectivity index (χ0) is 12.1. The molecule has 0 spiro atoms. The Hall–Kier alpha value is -1.19. The van der Waals surface area contributed by atoms with Crippen LogP contribution in [0.5, 0.6) is 0 Å². The van der Waals surface area contributed by atoms with E-state index in [1.54, 1.807) is 0 Å². The predicted octanol–water partition coefficient (Wildman–Crippen LogP) is 2.23. The lowest BCUT2D eigenvalue weighted by Gasteiger charge is -2.25. The Labute approximate surface area is 98.1 Å². The van der Waals surface area contributed by atoms with E-state index in [1.165, 1.54) is 0 Å². The van der Waals surface area contributed by atoms with Crippen molar-refractivity contribution in [2.45, 2.75) is 53.5 Å². The summed E-state index contributed by atoms with van der Waals surface area (Å²) in [5.41, 5.74) is 2.10. The second-order valence-electron chi connectivity index (χ2n) is 4.09. The van der Waals surface area contributed by atoms with Crippen LogP contribution in [0.15, 0.2) is 0 Å². The third-order valence-electron chi connectivity index (χ3n) is 2.72. The van der Waals surface area contributed by atoms with E-state index in [0.717, 1.165) is 36.7 Å². The SMILES string of the molecule is CCc1nnc(N(CC)C(C)C)nc1CC. The van der Waals surface area contributed by atoms with Crippen molar-refractivity contribution in [1.82, 2.24) is 15.2 Å². The van der Waals surface area contributed by atoms with E-state index in [-0.39, 0.29) is 0 Å². The number of nitrogens with zero attached hydrogens (tertiary/aromatic N) is 4. The van der Waals surface area contributed by atoms with Crippen LogP contribution in [0.1, 0.15) is 46.0 Å². The van der Waals surface area contributed by atoms with Crippen LogP contribution < -0.4 is 4.90 Å². The van der Waals surface area contributed by atoms with Gasteiger partial charge < -0.3 is 4.90 Å². The van der Waals surface area contributed by atoms with Crippen LogP contribution in [0.25, 0.3) is 0 Å². The molecule has 4 heteroatoms. The van der Waals surface area contributed by atoms with E-state index in [1.807, 2.05) is 0 Å². The van der Waals surface area contributed by atoms with Crippen molar-refractivity contribution in [1.29, 1.82) is 0 Å². The van der Waals surface area contributed by atoms with Gasteiger partial charge in [0.1, 0.15) is 0 Å². The van der Waals surface area contributed by atoms with Gasteiger partial charge in [0.2, 0.25) is 5.95 Å². The monoisotopic (exact) mass is 222 g/mol. The van der Waals surface area contributed by atoms with Crippen molar-refractivity contribution in [2.75, 3.05) is 11.4 Å². The predicted molar refractivity (Wildman–Crippen MR) is 66.7 cm³/mol. The molecule has 0 aliphatic rings. The molecule has 1 aromatic rings. The minimum atomic E-state index is 0.406. The normalized spacial score (nSPS) is 10.9. The lowest BCUT2D eigenvalue weighted by molar-refractivity contribution is 0.661. The van der Waals surface area contributed by atoms with E-state index in [0.29, 0.717) is 6.04 Å². The van der Waals surface area contributed by atoms with Gasteiger partial charge in [0.15, 0.2) is 0 Å². The van der Waals surface area contributed by atoms with Crippen LogP contribution in [0.4, 0.5) is 5.95 Å². The zero-order valence-corrected chi connectivity index (χ0v) is 11.0. The van der Waals surface area contributed by atoms with Crippen LogP contribution in [-0.4, -0.2) is 27.8 Å². The lowest BCUT2D eigenvalue weighted by atomic mass is 10.2. The van der Waals surface area contributed by atoms with Crippen LogP contribution in [-0.2, 0) is 12.8 Å². The average Bonchev–Trinajstić information content (AvgIpc) is 2.29. The molecule has 0 saturated heterocycles. The summed E-state index contributed by atoms with van der Waals surface area (Å²) in [6.45, 7) is 11.5. The molecule has 0 radical (unpaired) electrons. The summed E-state index contributed by atoms with van der Waals surface area (Å²) >= 11 is 0. The van der Waals surface area contributed by atoms with Gasteiger partial charge in [0.05, 0.1) is 11.4 Å². The van der Waals surface area contributed by atoms with Crippen LogP contribution >= 0.6 is 0 Å². The fourth-order valence-electron chi connectivity index (χ4n) is 1.79. The molecule has 1 heterocycles. The topological polar surface area (TPSA) is 41.9 Å². The molecule has 0 N–H and O–H groups in total. The van der Waals surface area contributed by atoms with Crippen LogP contribution in [0.3, 0.4) is 0 Å². The van der Waals surface area contributed by atoms with Crippen molar-refractivity contribution in [3.05, 3.63) is 11.4 Å². The molecule has 90 valence electrons. The Morgan fingerprint density at radius 1 is 1.00 bits per heavy atom. The van der Waals surface area contributed by atoms with E-state index < -0.39 is 0 Å². The molecule has 0 aromatic carbocycles. The van der Waals surface area contributed by atoms with Gasteiger partial charge in [0.25, 0.3) is 0 Å². The number of hydrogen-bond acceptors (Lipinski definition) is 4. The fraction of sp³-hybridized carbons (Fsp3) is 0.750.